The number of nitrogens with one attached hydrogen (secondary N) is 1. The number of hydrogen-bond donors (Lipinski definition) is 1. The Morgan fingerprint density at radius 3 is 3.05 bits per heavy atom. The fourth-order valence-corrected chi connectivity index (χ4v) is 2.27. The zero-order valence-electron chi connectivity index (χ0n) is 11.1. The van der Waals surface area contributed by atoms with E-state index in [-0.39, 0.29) is 6.10 Å². The number of aryl methyl sites for hydroxylation is 1. The Hall–Kier alpha value is -1.65. The van der Waals surface area contributed by atoms with Gasteiger partial charge in [-0.15, -0.1) is 0 Å². The number of aromatic nitrogens is 1. The van der Waals surface area contributed by atoms with Crippen molar-refractivity contribution in [2.45, 2.75) is 13.0 Å². The quantitative estimate of drug-likeness (QED) is 0.918. The van der Waals surface area contributed by atoms with Gasteiger partial charge < -0.3 is 14.8 Å². The van der Waals surface area contributed by atoms with Gasteiger partial charge in [-0.2, -0.15) is 0 Å². The lowest BCUT2D eigenvalue weighted by atomic mass is 10.1. The summed E-state index contributed by atoms with van der Waals surface area (Å²) in [6.07, 6.45) is 0.112. The minimum atomic E-state index is 0.112. The molecule has 1 aliphatic heterocycles. The van der Waals surface area contributed by atoms with Crippen molar-refractivity contribution in [3.05, 3.63) is 35.9 Å². The summed E-state index contributed by atoms with van der Waals surface area (Å²) in [5, 5.41) is 4.53. The van der Waals surface area contributed by atoms with Gasteiger partial charge in [-0.3, -0.25) is 0 Å². The van der Waals surface area contributed by atoms with Gasteiger partial charge >= 0.3 is 0 Å². The van der Waals surface area contributed by atoms with E-state index in [1.54, 1.807) is 0 Å². The average Bonchev–Trinajstić information content (AvgIpc) is 2.46. The Balaban J connectivity index is 1.74. The van der Waals surface area contributed by atoms with Crippen molar-refractivity contribution in [2.75, 3.05) is 31.7 Å². The van der Waals surface area contributed by atoms with E-state index < -0.39 is 0 Å². The molecule has 0 amide bonds. The maximum absolute atomic E-state index is 5.61. The number of pyridine rings is 1. The van der Waals surface area contributed by atoms with E-state index in [1.165, 1.54) is 5.39 Å². The molecule has 1 N–H and O–H groups in total. The van der Waals surface area contributed by atoms with Gasteiger partial charge in [0.05, 0.1) is 31.4 Å². The molecular weight excluding hydrogens is 240 g/mol. The largest absolute Gasteiger partial charge is 0.376 e. The number of para-hydroxylation sites is 1. The molecule has 1 aromatic heterocycles. The van der Waals surface area contributed by atoms with Gasteiger partial charge in [0.2, 0.25) is 0 Å². The first kappa shape index (κ1) is 12.4. The van der Waals surface area contributed by atoms with Gasteiger partial charge in [0.25, 0.3) is 0 Å². The topological polar surface area (TPSA) is 43.4 Å². The van der Waals surface area contributed by atoms with Crippen LogP contribution in [0.1, 0.15) is 5.56 Å². The highest BCUT2D eigenvalue weighted by atomic mass is 16.6. The Morgan fingerprint density at radius 2 is 2.21 bits per heavy atom. The summed E-state index contributed by atoms with van der Waals surface area (Å²) in [5.41, 5.74) is 2.16. The SMILES string of the molecule is Cc1cc2ccccc2nc1NCC1COCCO1. The van der Waals surface area contributed by atoms with Crippen molar-refractivity contribution >= 4 is 16.7 Å². The van der Waals surface area contributed by atoms with Crippen molar-refractivity contribution in [1.82, 2.24) is 4.98 Å². The van der Waals surface area contributed by atoms with E-state index in [9.17, 15) is 0 Å². The Morgan fingerprint density at radius 1 is 1.32 bits per heavy atom. The lowest BCUT2D eigenvalue weighted by Crippen LogP contribution is -2.34. The fourth-order valence-electron chi connectivity index (χ4n) is 2.27. The molecule has 1 atom stereocenters. The molecule has 2 heterocycles. The number of ether oxygens (including phenoxy) is 2. The second-order valence-electron chi connectivity index (χ2n) is 4.80. The molecule has 4 nitrogen and oxygen atoms in total. The van der Waals surface area contributed by atoms with Gasteiger partial charge in [0.1, 0.15) is 5.82 Å². The molecule has 0 aliphatic carbocycles. The Kier molecular flexibility index (Phi) is 3.62. The second kappa shape index (κ2) is 5.55. The van der Waals surface area contributed by atoms with Crippen molar-refractivity contribution in [2.24, 2.45) is 0 Å². The third-order valence-corrected chi connectivity index (χ3v) is 3.30. The summed E-state index contributed by atoms with van der Waals surface area (Å²) in [5.74, 6) is 0.924. The standard InChI is InChI=1S/C15H18N2O2/c1-11-8-12-4-2-3-5-14(12)17-15(11)16-9-13-10-18-6-7-19-13/h2-5,8,13H,6-7,9-10H2,1H3,(H,16,17). The predicted molar refractivity (Wildman–Crippen MR) is 75.5 cm³/mol. The Labute approximate surface area is 112 Å². The highest BCUT2D eigenvalue weighted by molar-refractivity contribution is 5.81. The van der Waals surface area contributed by atoms with Crippen molar-refractivity contribution < 1.29 is 9.47 Å². The van der Waals surface area contributed by atoms with Crippen LogP contribution in [-0.2, 0) is 9.47 Å². The summed E-state index contributed by atoms with van der Waals surface area (Å²) in [6.45, 7) is 4.83. The zero-order chi connectivity index (χ0) is 13.1. The van der Waals surface area contributed by atoms with Gasteiger partial charge in [0, 0.05) is 11.9 Å². The first-order valence-electron chi connectivity index (χ1n) is 6.62. The van der Waals surface area contributed by atoms with Crippen molar-refractivity contribution in [3.8, 4) is 0 Å². The van der Waals surface area contributed by atoms with Gasteiger partial charge in [-0.1, -0.05) is 18.2 Å². The molecule has 1 aromatic carbocycles. The molecule has 1 aliphatic rings. The van der Waals surface area contributed by atoms with Crippen LogP contribution >= 0.6 is 0 Å². The highest BCUT2D eigenvalue weighted by Crippen LogP contribution is 2.19. The molecule has 0 spiro atoms. The summed E-state index contributed by atoms with van der Waals surface area (Å²) >= 11 is 0. The van der Waals surface area contributed by atoms with Crippen LogP contribution in [0.4, 0.5) is 5.82 Å². The second-order valence-corrected chi connectivity index (χ2v) is 4.80. The molecule has 0 radical (unpaired) electrons. The molecule has 4 heteroatoms. The summed E-state index contributed by atoms with van der Waals surface area (Å²) < 4.78 is 11.0. The lowest BCUT2D eigenvalue weighted by molar-refractivity contribution is -0.0819. The van der Waals surface area contributed by atoms with E-state index in [0.29, 0.717) is 19.8 Å². The molecule has 1 fully saturated rings. The normalized spacial score (nSPS) is 19.5. The maximum Gasteiger partial charge on any atom is 0.129 e. The number of rotatable bonds is 3. The van der Waals surface area contributed by atoms with Gasteiger partial charge in [0.15, 0.2) is 0 Å². The van der Waals surface area contributed by atoms with Crippen LogP contribution in [0.25, 0.3) is 10.9 Å². The third kappa shape index (κ3) is 2.85. The van der Waals surface area contributed by atoms with E-state index in [2.05, 4.69) is 29.4 Å². The average molecular weight is 258 g/mol. The van der Waals surface area contributed by atoms with E-state index in [0.717, 1.165) is 23.4 Å². The van der Waals surface area contributed by atoms with Crippen LogP contribution in [-0.4, -0.2) is 37.5 Å². The zero-order valence-corrected chi connectivity index (χ0v) is 11.1. The van der Waals surface area contributed by atoms with Crippen LogP contribution in [0.15, 0.2) is 30.3 Å². The number of fused-ring (bicyclic) bond motifs is 1. The van der Waals surface area contributed by atoms with E-state index >= 15 is 0 Å². The van der Waals surface area contributed by atoms with Crippen LogP contribution in [0.5, 0.6) is 0 Å². The van der Waals surface area contributed by atoms with Crippen LogP contribution in [0.3, 0.4) is 0 Å². The molecule has 19 heavy (non-hydrogen) atoms. The fraction of sp³-hybridized carbons (Fsp3) is 0.400. The van der Waals surface area contributed by atoms with Crippen molar-refractivity contribution in [1.29, 1.82) is 0 Å². The van der Waals surface area contributed by atoms with Crippen LogP contribution < -0.4 is 5.32 Å². The Bertz CT molecular complexity index is 565. The number of nitrogens with zero attached hydrogens (tertiary/aromatic N) is 1. The van der Waals surface area contributed by atoms with Crippen LogP contribution in [0.2, 0.25) is 0 Å². The maximum atomic E-state index is 5.61. The van der Waals surface area contributed by atoms with Crippen molar-refractivity contribution in [3.63, 3.8) is 0 Å². The molecule has 1 unspecified atom stereocenters. The number of anilines is 1. The molecule has 100 valence electrons. The molecular formula is C15H18N2O2. The summed E-state index contributed by atoms with van der Waals surface area (Å²) in [4.78, 5) is 4.65. The molecule has 2 aromatic rings. The smallest absolute Gasteiger partial charge is 0.129 e. The predicted octanol–water partition coefficient (Wildman–Crippen LogP) is 2.37. The highest BCUT2D eigenvalue weighted by Gasteiger charge is 2.14. The minimum Gasteiger partial charge on any atom is -0.376 e. The lowest BCUT2D eigenvalue weighted by Gasteiger charge is -2.23. The summed E-state index contributed by atoms with van der Waals surface area (Å²) in [6, 6.07) is 10.3. The number of hydrogen-bond acceptors (Lipinski definition) is 4. The minimum absolute atomic E-state index is 0.112. The van der Waals surface area contributed by atoms with Gasteiger partial charge in [-0.25, -0.2) is 4.98 Å². The molecule has 1 saturated heterocycles. The summed E-state index contributed by atoms with van der Waals surface area (Å²) in [7, 11) is 0. The first-order chi connectivity index (χ1) is 9.33. The number of benzene rings is 1. The molecule has 0 bridgehead atoms. The molecule has 3 rings (SSSR count). The monoisotopic (exact) mass is 258 g/mol. The van der Waals surface area contributed by atoms with Crippen LogP contribution in [0, 0.1) is 6.92 Å². The van der Waals surface area contributed by atoms with Gasteiger partial charge in [-0.05, 0) is 24.6 Å². The molecule has 0 saturated carbocycles. The first-order valence-corrected chi connectivity index (χ1v) is 6.62. The van der Waals surface area contributed by atoms with E-state index in [1.807, 2.05) is 18.2 Å². The third-order valence-electron chi connectivity index (χ3n) is 3.30. The van der Waals surface area contributed by atoms with E-state index in [4.69, 9.17) is 9.47 Å².